The van der Waals surface area contributed by atoms with Gasteiger partial charge in [0.2, 0.25) is 0 Å². The maximum atomic E-state index is 12.6. The lowest BCUT2D eigenvalue weighted by molar-refractivity contribution is 0.152. The SMILES string of the molecule is O=C(Nc1ccc(C2CCN(CC3CCOC3)CC2)cc1)N1Cc2ccncc2C1. The number of likely N-dealkylation sites (tertiary alicyclic amines) is 1. The van der Waals surface area contributed by atoms with Crippen LogP contribution in [0.2, 0.25) is 0 Å². The Morgan fingerprint density at radius 2 is 1.87 bits per heavy atom. The molecule has 0 spiro atoms. The number of hydrogen-bond acceptors (Lipinski definition) is 4. The monoisotopic (exact) mass is 406 g/mol. The van der Waals surface area contributed by atoms with Gasteiger partial charge in [0.25, 0.3) is 0 Å². The van der Waals surface area contributed by atoms with E-state index in [1.54, 1.807) is 6.20 Å². The molecule has 4 heterocycles. The molecule has 5 rings (SSSR count). The summed E-state index contributed by atoms with van der Waals surface area (Å²) < 4.78 is 5.51. The van der Waals surface area contributed by atoms with Crippen LogP contribution in [0, 0.1) is 5.92 Å². The largest absolute Gasteiger partial charge is 0.381 e. The maximum absolute atomic E-state index is 12.6. The number of carbonyl (C=O) groups is 1. The number of hydrogen-bond donors (Lipinski definition) is 1. The van der Waals surface area contributed by atoms with Crippen LogP contribution in [-0.2, 0) is 17.8 Å². The van der Waals surface area contributed by atoms with E-state index in [1.807, 2.05) is 29.3 Å². The summed E-state index contributed by atoms with van der Waals surface area (Å²) in [6.07, 6.45) is 7.27. The Labute approximate surface area is 178 Å². The smallest absolute Gasteiger partial charge is 0.322 e. The van der Waals surface area contributed by atoms with Crippen LogP contribution in [0.1, 0.15) is 41.9 Å². The van der Waals surface area contributed by atoms with Gasteiger partial charge in [-0.25, -0.2) is 4.79 Å². The molecule has 0 radical (unpaired) electrons. The molecule has 2 fully saturated rings. The number of ether oxygens (including phenoxy) is 1. The predicted molar refractivity (Wildman–Crippen MR) is 116 cm³/mol. The van der Waals surface area contributed by atoms with Crippen LogP contribution in [0.15, 0.2) is 42.7 Å². The van der Waals surface area contributed by atoms with Crippen molar-refractivity contribution in [2.24, 2.45) is 5.92 Å². The second-order valence-corrected chi connectivity index (χ2v) is 8.86. The fraction of sp³-hybridized carbons (Fsp3) is 0.500. The Morgan fingerprint density at radius 1 is 1.07 bits per heavy atom. The molecule has 158 valence electrons. The molecule has 1 aromatic carbocycles. The molecule has 2 saturated heterocycles. The predicted octanol–water partition coefficient (Wildman–Crippen LogP) is 3.85. The highest BCUT2D eigenvalue weighted by Crippen LogP contribution is 2.30. The van der Waals surface area contributed by atoms with Crippen molar-refractivity contribution in [3.63, 3.8) is 0 Å². The normalized spacial score (nSPS) is 22.3. The molecular formula is C24H30N4O2. The van der Waals surface area contributed by atoms with Crippen LogP contribution in [0.5, 0.6) is 0 Å². The number of aromatic nitrogens is 1. The van der Waals surface area contributed by atoms with E-state index in [0.29, 0.717) is 19.0 Å². The van der Waals surface area contributed by atoms with E-state index in [1.165, 1.54) is 50.0 Å². The Kier molecular flexibility index (Phi) is 5.69. The number of urea groups is 1. The summed E-state index contributed by atoms with van der Waals surface area (Å²) in [6.45, 7) is 6.67. The average molecular weight is 407 g/mol. The van der Waals surface area contributed by atoms with E-state index in [-0.39, 0.29) is 6.03 Å². The first-order chi connectivity index (χ1) is 14.7. The van der Waals surface area contributed by atoms with E-state index >= 15 is 0 Å². The minimum atomic E-state index is -0.0526. The molecule has 2 amide bonds. The number of pyridine rings is 1. The fourth-order valence-electron chi connectivity index (χ4n) is 4.95. The summed E-state index contributed by atoms with van der Waals surface area (Å²) >= 11 is 0. The van der Waals surface area contributed by atoms with E-state index in [0.717, 1.165) is 30.4 Å². The van der Waals surface area contributed by atoms with Crippen molar-refractivity contribution >= 4 is 11.7 Å². The van der Waals surface area contributed by atoms with Gasteiger partial charge in [0.1, 0.15) is 0 Å². The van der Waals surface area contributed by atoms with Gasteiger partial charge in [-0.15, -0.1) is 0 Å². The standard InChI is InChI=1S/C24H30N4O2/c29-24(28-15-21-5-9-25-13-22(21)16-28)26-23-3-1-19(2-4-23)20-6-10-27(11-7-20)14-18-8-12-30-17-18/h1-5,9,13,18,20H,6-8,10-12,14-17H2,(H,26,29). The van der Waals surface area contributed by atoms with Crippen LogP contribution < -0.4 is 5.32 Å². The lowest BCUT2D eigenvalue weighted by Gasteiger charge is -2.33. The molecule has 1 atom stereocenters. The highest BCUT2D eigenvalue weighted by atomic mass is 16.5. The number of piperidine rings is 1. The van der Waals surface area contributed by atoms with Crippen molar-refractivity contribution in [2.45, 2.75) is 38.3 Å². The molecule has 0 saturated carbocycles. The number of carbonyl (C=O) groups excluding carboxylic acids is 1. The van der Waals surface area contributed by atoms with Crippen molar-refractivity contribution in [1.82, 2.24) is 14.8 Å². The third-order valence-corrected chi connectivity index (χ3v) is 6.78. The number of anilines is 1. The molecule has 0 aliphatic carbocycles. The van der Waals surface area contributed by atoms with Crippen molar-refractivity contribution in [1.29, 1.82) is 0 Å². The van der Waals surface area contributed by atoms with Crippen LogP contribution in [0.4, 0.5) is 10.5 Å². The van der Waals surface area contributed by atoms with E-state index in [4.69, 9.17) is 4.74 Å². The van der Waals surface area contributed by atoms with Gasteiger partial charge in [-0.2, -0.15) is 0 Å². The van der Waals surface area contributed by atoms with Gasteiger partial charge in [-0.05, 0) is 79.1 Å². The van der Waals surface area contributed by atoms with Crippen molar-refractivity contribution < 1.29 is 9.53 Å². The third-order valence-electron chi connectivity index (χ3n) is 6.78. The molecule has 1 N–H and O–H groups in total. The van der Waals surface area contributed by atoms with Crippen molar-refractivity contribution in [2.75, 3.05) is 38.2 Å². The molecular weight excluding hydrogens is 376 g/mol. The summed E-state index contributed by atoms with van der Waals surface area (Å²) in [6, 6.07) is 10.4. The lowest BCUT2D eigenvalue weighted by Crippen LogP contribution is -2.36. The zero-order valence-electron chi connectivity index (χ0n) is 17.4. The number of rotatable bonds is 4. The van der Waals surface area contributed by atoms with Crippen LogP contribution in [-0.4, -0.2) is 53.7 Å². The van der Waals surface area contributed by atoms with Crippen molar-refractivity contribution in [3.05, 3.63) is 59.4 Å². The Bertz CT molecular complexity index is 846. The zero-order chi connectivity index (χ0) is 20.3. The fourth-order valence-corrected chi connectivity index (χ4v) is 4.95. The topological polar surface area (TPSA) is 57.7 Å². The molecule has 1 unspecified atom stereocenters. The highest BCUT2D eigenvalue weighted by molar-refractivity contribution is 5.89. The number of benzene rings is 1. The third kappa shape index (κ3) is 4.35. The number of nitrogens with one attached hydrogen (secondary N) is 1. The van der Waals surface area contributed by atoms with Crippen molar-refractivity contribution in [3.8, 4) is 0 Å². The first kappa shape index (κ1) is 19.5. The Hall–Kier alpha value is -2.44. The minimum Gasteiger partial charge on any atom is -0.381 e. The molecule has 2 aromatic rings. The molecule has 3 aliphatic rings. The van der Waals surface area contributed by atoms with Gasteiger partial charge in [0.05, 0.1) is 6.61 Å². The van der Waals surface area contributed by atoms with Crippen LogP contribution in [0.25, 0.3) is 0 Å². The Morgan fingerprint density at radius 3 is 2.60 bits per heavy atom. The minimum absolute atomic E-state index is 0.0526. The van der Waals surface area contributed by atoms with Gasteiger partial charge in [-0.1, -0.05) is 12.1 Å². The summed E-state index contributed by atoms with van der Waals surface area (Å²) in [5, 5.41) is 3.04. The molecule has 30 heavy (non-hydrogen) atoms. The summed E-state index contributed by atoms with van der Waals surface area (Å²) in [7, 11) is 0. The average Bonchev–Trinajstić information content (AvgIpc) is 3.44. The lowest BCUT2D eigenvalue weighted by atomic mass is 9.89. The second-order valence-electron chi connectivity index (χ2n) is 8.86. The number of amides is 2. The summed E-state index contributed by atoms with van der Waals surface area (Å²) in [5.74, 6) is 1.34. The molecule has 0 bridgehead atoms. The van der Waals surface area contributed by atoms with Gasteiger partial charge in [0.15, 0.2) is 0 Å². The second kappa shape index (κ2) is 8.74. The molecule has 6 nitrogen and oxygen atoms in total. The molecule has 3 aliphatic heterocycles. The van der Waals surface area contributed by atoms with Gasteiger partial charge < -0.3 is 19.9 Å². The van der Waals surface area contributed by atoms with Gasteiger partial charge in [0, 0.05) is 44.3 Å². The number of nitrogens with zero attached hydrogens (tertiary/aromatic N) is 3. The van der Waals surface area contributed by atoms with Crippen LogP contribution in [0.3, 0.4) is 0 Å². The van der Waals surface area contributed by atoms with Gasteiger partial charge >= 0.3 is 6.03 Å². The zero-order valence-corrected chi connectivity index (χ0v) is 17.4. The van der Waals surface area contributed by atoms with Gasteiger partial charge in [-0.3, -0.25) is 4.98 Å². The first-order valence-electron chi connectivity index (χ1n) is 11.1. The summed E-state index contributed by atoms with van der Waals surface area (Å²) in [4.78, 5) is 21.2. The maximum Gasteiger partial charge on any atom is 0.322 e. The van der Waals surface area contributed by atoms with Crippen LogP contribution >= 0.6 is 0 Å². The van der Waals surface area contributed by atoms with E-state index in [9.17, 15) is 4.79 Å². The van der Waals surface area contributed by atoms with E-state index < -0.39 is 0 Å². The quantitative estimate of drug-likeness (QED) is 0.838. The summed E-state index contributed by atoms with van der Waals surface area (Å²) in [5.41, 5.74) is 4.56. The molecule has 1 aromatic heterocycles. The highest BCUT2D eigenvalue weighted by Gasteiger charge is 2.25. The number of fused-ring (bicyclic) bond motifs is 1. The van der Waals surface area contributed by atoms with E-state index in [2.05, 4.69) is 27.3 Å². The Balaban J connectivity index is 1.11. The first-order valence-corrected chi connectivity index (χ1v) is 11.1. The molecule has 6 heteroatoms.